The molecule has 0 unspecified atom stereocenters. The average molecular weight is 437 g/mol. The summed E-state index contributed by atoms with van der Waals surface area (Å²) in [4.78, 5) is 23.8. The summed E-state index contributed by atoms with van der Waals surface area (Å²) in [7, 11) is 0. The molecule has 0 fully saturated rings. The van der Waals surface area contributed by atoms with Crippen LogP contribution in [0, 0.1) is 46.6 Å². The third kappa shape index (κ3) is 3.74. The standard InChI is InChI=1S/C21H13ClN4O3S/c1-12-4-3-5-13(2)19(12)25-20(27)18(30-21(25)15(10-23)11-24)9-14-6-7-16(22)17(8-14)26(28)29/h3-9H,1-2H3. The van der Waals surface area contributed by atoms with Crippen LogP contribution in [0.3, 0.4) is 0 Å². The van der Waals surface area contributed by atoms with Gasteiger partial charge in [-0.05, 0) is 42.7 Å². The van der Waals surface area contributed by atoms with Crippen molar-refractivity contribution in [3.05, 3.63) is 87.8 Å². The molecule has 0 saturated heterocycles. The molecule has 2 aromatic carbocycles. The Hall–Kier alpha value is -3.72. The van der Waals surface area contributed by atoms with Crippen LogP contribution in [-0.2, 0) is 0 Å². The Kier molecular flexibility index (Phi) is 5.84. The summed E-state index contributed by atoms with van der Waals surface area (Å²) in [5.41, 5.74) is 1.71. The highest BCUT2D eigenvalue weighted by Crippen LogP contribution is 2.25. The van der Waals surface area contributed by atoms with Gasteiger partial charge in [0.25, 0.3) is 11.2 Å². The van der Waals surface area contributed by atoms with Gasteiger partial charge in [-0.3, -0.25) is 19.5 Å². The molecule has 0 aliphatic carbocycles. The Labute approximate surface area is 179 Å². The summed E-state index contributed by atoms with van der Waals surface area (Å²) in [6.07, 6.45) is 1.48. The summed E-state index contributed by atoms with van der Waals surface area (Å²) in [6, 6.07) is 13.4. The smallest absolute Gasteiger partial charge is 0.267 e. The number of thiazole rings is 1. The topological polar surface area (TPSA) is 113 Å². The maximum Gasteiger partial charge on any atom is 0.288 e. The van der Waals surface area contributed by atoms with Crippen LogP contribution < -0.4 is 14.8 Å². The molecule has 0 amide bonds. The molecule has 9 heteroatoms. The minimum absolute atomic E-state index is 0.0125. The minimum Gasteiger partial charge on any atom is -0.267 e. The number of aryl methyl sites for hydroxylation is 2. The van der Waals surface area contributed by atoms with Gasteiger partial charge in [-0.2, -0.15) is 10.5 Å². The van der Waals surface area contributed by atoms with E-state index in [1.165, 1.54) is 22.8 Å². The summed E-state index contributed by atoms with van der Waals surface area (Å²) in [5, 5.41) is 29.9. The molecule has 7 nitrogen and oxygen atoms in total. The molecule has 0 bridgehead atoms. The molecule has 0 aliphatic heterocycles. The average Bonchev–Trinajstić information content (AvgIpc) is 3.00. The Morgan fingerprint density at radius 3 is 2.40 bits per heavy atom. The first kappa shape index (κ1) is 21.0. The second-order valence-electron chi connectivity index (χ2n) is 6.36. The van der Waals surface area contributed by atoms with Crippen molar-refractivity contribution in [1.29, 1.82) is 10.5 Å². The van der Waals surface area contributed by atoms with Crippen LogP contribution in [0.15, 0.2) is 41.2 Å². The van der Waals surface area contributed by atoms with E-state index in [1.807, 2.05) is 44.2 Å². The van der Waals surface area contributed by atoms with Crippen LogP contribution in [-0.4, -0.2) is 9.49 Å². The number of hydrogen-bond acceptors (Lipinski definition) is 6. The number of nitriles is 2. The number of nitro benzene ring substituents is 1. The molecule has 0 spiro atoms. The quantitative estimate of drug-likeness (QED) is 0.462. The molecule has 0 atom stereocenters. The summed E-state index contributed by atoms with van der Waals surface area (Å²) < 4.78 is 1.79. The molecule has 1 heterocycles. The first-order chi connectivity index (χ1) is 14.3. The molecule has 148 valence electrons. The van der Waals surface area contributed by atoms with Gasteiger partial charge in [-0.15, -0.1) is 11.3 Å². The van der Waals surface area contributed by atoms with Gasteiger partial charge in [0, 0.05) is 6.07 Å². The van der Waals surface area contributed by atoms with Gasteiger partial charge in [-0.1, -0.05) is 35.9 Å². The van der Waals surface area contributed by atoms with E-state index in [4.69, 9.17) is 11.6 Å². The number of nitro groups is 1. The van der Waals surface area contributed by atoms with Crippen molar-refractivity contribution in [2.24, 2.45) is 0 Å². The zero-order chi connectivity index (χ0) is 22.0. The third-order valence-electron chi connectivity index (χ3n) is 4.39. The van der Waals surface area contributed by atoms with Gasteiger partial charge in [-0.25, -0.2) is 0 Å². The molecule has 0 radical (unpaired) electrons. The highest BCUT2D eigenvalue weighted by Gasteiger charge is 2.16. The van der Waals surface area contributed by atoms with Crippen LogP contribution in [0.2, 0.25) is 5.02 Å². The number of halogens is 1. The SMILES string of the molecule is Cc1cccc(C)c1-n1c(=C(C#N)C#N)sc(=Cc2ccc(Cl)c([N+](=O)[O-])c2)c1=O. The fourth-order valence-electron chi connectivity index (χ4n) is 3.04. The number of para-hydroxylation sites is 1. The van der Waals surface area contributed by atoms with Crippen LogP contribution in [0.4, 0.5) is 5.69 Å². The Balaban J connectivity index is 2.43. The summed E-state index contributed by atoms with van der Waals surface area (Å²) >= 11 is 6.83. The van der Waals surface area contributed by atoms with E-state index in [2.05, 4.69) is 0 Å². The van der Waals surface area contributed by atoms with Crippen molar-refractivity contribution >= 4 is 40.3 Å². The maximum absolute atomic E-state index is 13.3. The zero-order valence-corrected chi connectivity index (χ0v) is 17.4. The van der Waals surface area contributed by atoms with Crippen molar-refractivity contribution in [2.75, 3.05) is 0 Å². The number of benzene rings is 2. The number of rotatable bonds is 3. The largest absolute Gasteiger partial charge is 0.288 e. The molecular weight excluding hydrogens is 424 g/mol. The van der Waals surface area contributed by atoms with E-state index in [1.54, 1.807) is 6.07 Å². The maximum atomic E-state index is 13.3. The van der Waals surface area contributed by atoms with E-state index in [0.717, 1.165) is 22.5 Å². The van der Waals surface area contributed by atoms with E-state index < -0.39 is 10.5 Å². The molecule has 1 aromatic heterocycles. The molecule has 3 aromatic rings. The van der Waals surface area contributed by atoms with Crippen molar-refractivity contribution in [3.63, 3.8) is 0 Å². The van der Waals surface area contributed by atoms with Gasteiger partial charge in [0.2, 0.25) is 0 Å². The molecule has 30 heavy (non-hydrogen) atoms. The van der Waals surface area contributed by atoms with Crippen molar-refractivity contribution < 1.29 is 4.92 Å². The van der Waals surface area contributed by atoms with Crippen molar-refractivity contribution in [1.82, 2.24) is 4.57 Å². The van der Waals surface area contributed by atoms with Gasteiger partial charge < -0.3 is 0 Å². The van der Waals surface area contributed by atoms with Crippen LogP contribution in [0.5, 0.6) is 0 Å². The summed E-state index contributed by atoms with van der Waals surface area (Å²) in [6.45, 7) is 3.67. The van der Waals surface area contributed by atoms with E-state index in [9.17, 15) is 25.4 Å². The lowest BCUT2D eigenvalue weighted by Gasteiger charge is -2.10. The first-order valence-corrected chi connectivity index (χ1v) is 9.76. The van der Waals surface area contributed by atoms with Gasteiger partial charge in [0.1, 0.15) is 21.8 Å². The third-order valence-corrected chi connectivity index (χ3v) is 5.80. The Morgan fingerprint density at radius 1 is 1.20 bits per heavy atom. The van der Waals surface area contributed by atoms with Gasteiger partial charge >= 0.3 is 0 Å². The molecule has 3 rings (SSSR count). The van der Waals surface area contributed by atoms with E-state index in [-0.39, 0.29) is 25.5 Å². The minimum atomic E-state index is -0.605. The predicted molar refractivity (Wildman–Crippen MR) is 115 cm³/mol. The highest BCUT2D eigenvalue weighted by molar-refractivity contribution is 7.07. The lowest BCUT2D eigenvalue weighted by molar-refractivity contribution is -0.384. The van der Waals surface area contributed by atoms with Crippen molar-refractivity contribution in [3.8, 4) is 17.8 Å². The number of hydrogen-bond donors (Lipinski definition) is 0. The van der Waals surface area contributed by atoms with E-state index >= 15 is 0 Å². The molecular formula is C21H13ClN4O3S. The van der Waals surface area contributed by atoms with Crippen LogP contribution >= 0.6 is 22.9 Å². The van der Waals surface area contributed by atoms with Gasteiger partial charge in [0.15, 0.2) is 5.57 Å². The number of aromatic nitrogens is 1. The zero-order valence-electron chi connectivity index (χ0n) is 15.8. The lowest BCUT2D eigenvalue weighted by Crippen LogP contribution is -2.31. The Bertz CT molecular complexity index is 1420. The van der Waals surface area contributed by atoms with Crippen molar-refractivity contribution in [2.45, 2.75) is 13.8 Å². The predicted octanol–water partition coefficient (Wildman–Crippen LogP) is 3.10. The lowest BCUT2D eigenvalue weighted by atomic mass is 10.1. The normalized spacial score (nSPS) is 11.0. The fraction of sp³-hybridized carbons (Fsp3) is 0.0952. The number of nitrogens with zero attached hydrogens (tertiary/aromatic N) is 4. The second-order valence-corrected chi connectivity index (χ2v) is 7.80. The van der Waals surface area contributed by atoms with E-state index in [0.29, 0.717) is 11.3 Å². The molecule has 0 saturated carbocycles. The molecule has 0 N–H and O–H groups in total. The molecule has 0 aliphatic rings. The second kappa shape index (κ2) is 8.34. The first-order valence-electron chi connectivity index (χ1n) is 8.57. The summed E-state index contributed by atoms with van der Waals surface area (Å²) in [5.74, 6) is 0. The van der Waals surface area contributed by atoms with Crippen LogP contribution in [0.25, 0.3) is 17.3 Å². The van der Waals surface area contributed by atoms with Crippen LogP contribution in [0.1, 0.15) is 16.7 Å². The highest BCUT2D eigenvalue weighted by atomic mass is 35.5. The Morgan fingerprint density at radius 2 is 1.83 bits per heavy atom. The van der Waals surface area contributed by atoms with Gasteiger partial charge in [0.05, 0.1) is 15.1 Å². The fourth-order valence-corrected chi connectivity index (χ4v) is 4.27. The monoisotopic (exact) mass is 436 g/mol.